The van der Waals surface area contributed by atoms with Crippen LogP contribution in [0.5, 0.6) is 0 Å². The molecule has 0 saturated heterocycles. The average molecular weight is 239 g/mol. The van der Waals surface area contributed by atoms with Gasteiger partial charge in [-0.1, -0.05) is 38.5 Å². The maximum Gasteiger partial charge on any atom is 0.305 e. The smallest absolute Gasteiger partial charge is 0.305 e. The van der Waals surface area contributed by atoms with E-state index < -0.39 is 0 Å². The second-order valence-electron chi connectivity index (χ2n) is 4.68. The van der Waals surface area contributed by atoms with Gasteiger partial charge in [-0.3, -0.25) is 9.79 Å². The van der Waals surface area contributed by atoms with Gasteiger partial charge >= 0.3 is 5.97 Å². The summed E-state index contributed by atoms with van der Waals surface area (Å²) in [7, 11) is 0. The van der Waals surface area contributed by atoms with E-state index in [2.05, 4.69) is 4.99 Å². The molecule has 3 heteroatoms. The first-order chi connectivity index (χ1) is 8.39. The molecule has 0 amide bonds. The van der Waals surface area contributed by atoms with Gasteiger partial charge in [0.25, 0.3) is 0 Å². The molecule has 0 unspecified atom stereocenters. The van der Waals surface area contributed by atoms with Gasteiger partial charge in [-0.25, -0.2) is 0 Å². The van der Waals surface area contributed by atoms with Crippen molar-refractivity contribution in [3.05, 3.63) is 0 Å². The number of aliphatic imine (C=N–C) groups is 1. The third kappa shape index (κ3) is 8.90. The molecule has 0 atom stereocenters. The van der Waals surface area contributed by atoms with Crippen molar-refractivity contribution in [1.82, 2.24) is 0 Å². The van der Waals surface area contributed by atoms with Crippen molar-refractivity contribution in [3.63, 3.8) is 0 Å². The Kier molecular flexibility index (Phi) is 8.61. The molecule has 0 aromatic heterocycles. The van der Waals surface area contributed by atoms with Gasteiger partial charge in [0.2, 0.25) is 0 Å². The number of hydrogen-bond donors (Lipinski definition) is 0. The summed E-state index contributed by atoms with van der Waals surface area (Å²) in [6, 6.07) is 0. The number of carbonyl (C=O) groups is 1. The van der Waals surface area contributed by atoms with Gasteiger partial charge < -0.3 is 4.74 Å². The summed E-state index contributed by atoms with van der Waals surface area (Å²) in [5.74, 6) is -0.0505. The van der Waals surface area contributed by atoms with Crippen LogP contribution in [-0.4, -0.2) is 25.3 Å². The molecule has 0 saturated carbocycles. The zero-order valence-corrected chi connectivity index (χ0v) is 10.8. The quantitative estimate of drug-likeness (QED) is 0.607. The number of esters is 1. The predicted octanol–water partition coefficient (Wildman–Crippen LogP) is 3.52. The molecule has 0 fully saturated rings. The number of nitrogens with zero attached hydrogens (tertiary/aromatic N) is 1. The van der Waals surface area contributed by atoms with E-state index in [9.17, 15) is 4.79 Å². The minimum atomic E-state index is -0.0505. The van der Waals surface area contributed by atoms with Crippen LogP contribution in [0.1, 0.15) is 64.2 Å². The highest BCUT2D eigenvalue weighted by atomic mass is 16.5. The van der Waals surface area contributed by atoms with Gasteiger partial charge in [0.15, 0.2) is 0 Å². The van der Waals surface area contributed by atoms with E-state index in [-0.39, 0.29) is 5.97 Å². The van der Waals surface area contributed by atoms with Crippen molar-refractivity contribution in [3.8, 4) is 0 Å². The van der Waals surface area contributed by atoms with Crippen LogP contribution in [0.4, 0.5) is 0 Å². The summed E-state index contributed by atoms with van der Waals surface area (Å²) in [5.41, 5.74) is 0. The first-order valence-corrected chi connectivity index (χ1v) is 7.03. The lowest BCUT2D eigenvalue weighted by molar-refractivity contribution is -0.143. The third-order valence-corrected chi connectivity index (χ3v) is 3.06. The maximum atomic E-state index is 11.3. The Bertz CT molecular complexity index is 226. The van der Waals surface area contributed by atoms with Gasteiger partial charge in [0, 0.05) is 25.6 Å². The molecule has 17 heavy (non-hydrogen) atoms. The second-order valence-corrected chi connectivity index (χ2v) is 4.68. The van der Waals surface area contributed by atoms with E-state index in [1.165, 1.54) is 38.5 Å². The predicted molar refractivity (Wildman–Crippen MR) is 70.5 cm³/mol. The van der Waals surface area contributed by atoms with E-state index in [4.69, 9.17) is 4.74 Å². The number of carbonyl (C=O) groups excluding carboxylic acids is 1. The molecular formula is C14H25NO2. The van der Waals surface area contributed by atoms with Gasteiger partial charge in [-0.15, -0.1) is 0 Å². The summed E-state index contributed by atoms with van der Waals surface area (Å²) in [6.45, 7) is 1.41. The molecule has 1 heterocycles. The summed E-state index contributed by atoms with van der Waals surface area (Å²) >= 11 is 0. The van der Waals surface area contributed by atoms with E-state index >= 15 is 0 Å². The molecule has 0 aromatic carbocycles. The van der Waals surface area contributed by atoms with Gasteiger partial charge in [-0.2, -0.15) is 0 Å². The first-order valence-electron chi connectivity index (χ1n) is 7.03. The molecule has 0 aromatic rings. The summed E-state index contributed by atoms with van der Waals surface area (Å²) < 4.78 is 5.11. The minimum absolute atomic E-state index is 0.0505. The molecular weight excluding hydrogens is 214 g/mol. The van der Waals surface area contributed by atoms with E-state index in [1.54, 1.807) is 0 Å². The molecule has 0 aliphatic carbocycles. The summed E-state index contributed by atoms with van der Waals surface area (Å²) in [4.78, 5) is 15.6. The third-order valence-electron chi connectivity index (χ3n) is 3.06. The second kappa shape index (κ2) is 10.3. The summed E-state index contributed by atoms with van der Waals surface area (Å²) in [5, 5.41) is 0. The standard InChI is InChI=1S/C14H25NO2/c16-14-10-7-5-3-1-2-4-6-8-11-15-12-9-13-17-14/h12H,1-11,13H2/b15-12+. The lowest BCUT2D eigenvalue weighted by atomic mass is 10.1. The van der Waals surface area contributed by atoms with Crippen molar-refractivity contribution in [1.29, 1.82) is 0 Å². The largest absolute Gasteiger partial charge is 0.465 e. The van der Waals surface area contributed by atoms with Crippen molar-refractivity contribution >= 4 is 12.2 Å². The fourth-order valence-corrected chi connectivity index (χ4v) is 2.01. The molecule has 0 radical (unpaired) electrons. The van der Waals surface area contributed by atoms with Crippen LogP contribution < -0.4 is 0 Å². The fraction of sp³-hybridized carbons (Fsp3) is 0.857. The highest BCUT2D eigenvalue weighted by Gasteiger charge is 2.02. The van der Waals surface area contributed by atoms with Crippen LogP contribution in [0.25, 0.3) is 0 Å². The first kappa shape index (κ1) is 14.2. The number of ether oxygens (including phenoxy) is 1. The molecule has 0 spiro atoms. The molecule has 1 rings (SSSR count). The van der Waals surface area contributed by atoms with Crippen LogP contribution >= 0.6 is 0 Å². The normalized spacial score (nSPS) is 23.9. The highest BCUT2D eigenvalue weighted by Crippen LogP contribution is 2.10. The monoisotopic (exact) mass is 239 g/mol. The van der Waals surface area contributed by atoms with Crippen molar-refractivity contribution < 1.29 is 9.53 Å². The van der Waals surface area contributed by atoms with Crippen molar-refractivity contribution in [2.45, 2.75) is 64.2 Å². The van der Waals surface area contributed by atoms with Crippen LogP contribution in [0, 0.1) is 0 Å². The van der Waals surface area contributed by atoms with E-state index in [0.717, 1.165) is 25.8 Å². The average Bonchev–Trinajstić information content (AvgIpc) is 2.32. The molecule has 0 bridgehead atoms. The molecule has 0 N–H and O–H groups in total. The Morgan fingerprint density at radius 2 is 1.59 bits per heavy atom. The Hall–Kier alpha value is -0.860. The molecule has 1 aliphatic rings. The highest BCUT2D eigenvalue weighted by molar-refractivity contribution is 5.69. The fourth-order valence-electron chi connectivity index (χ4n) is 2.01. The van der Waals surface area contributed by atoms with Gasteiger partial charge in [-0.05, 0) is 12.8 Å². The summed E-state index contributed by atoms with van der Waals surface area (Å²) in [6.07, 6.45) is 13.1. The van der Waals surface area contributed by atoms with Gasteiger partial charge in [0.1, 0.15) is 0 Å². The number of rotatable bonds is 0. The molecule has 98 valence electrons. The lowest BCUT2D eigenvalue weighted by Crippen LogP contribution is -2.06. The number of hydrogen-bond acceptors (Lipinski definition) is 3. The Labute approximate surface area is 105 Å². The SMILES string of the molecule is O=C1CCCCCCCCCC/N=C/CCO1. The van der Waals surface area contributed by atoms with E-state index in [0.29, 0.717) is 13.0 Å². The van der Waals surface area contributed by atoms with E-state index in [1.807, 2.05) is 6.21 Å². The maximum absolute atomic E-state index is 11.3. The molecule has 1 aliphatic heterocycles. The van der Waals surface area contributed by atoms with Crippen LogP contribution in [0.3, 0.4) is 0 Å². The van der Waals surface area contributed by atoms with Crippen molar-refractivity contribution in [2.75, 3.05) is 13.2 Å². The van der Waals surface area contributed by atoms with Crippen LogP contribution in [-0.2, 0) is 9.53 Å². The Morgan fingerprint density at radius 1 is 0.941 bits per heavy atom. The molecule has 3 nitrogen and oxygen atoms in total. The van der Waals surface area contributed by atoms with Crippen LogP contribution in [0.2, 0.25) is 0 Å². The zero-order chi connectivity index (χ0) is 12.2. The van der Waals surface area contributed by atoms with Crippen molar-refractivity contribution in [2.24, 2.45) is 4.99 Å². The topological polar surface area (TPSA) is 38.7 Å². The Morgan fingerprint density at radius 3 is 2.35 bits per heavy atom. The van der Waals surface area contributed by atoms with Gasteiger partial charge in [0.05, 0.1) is 6.61 Å². The lowest BCUT2D eigenvalue weighted by Gasteiger charge is -2.04. The minimum Gasteiger partial charge on any atom is -0.465 e. The van der Waals surface area contributed by atoms with Crippen LogP contribution in [0.15, 0.2) is 4.99 Å². The number of cyclic esters (lactones) is 1. The zero-order valence-electron chi connectivity index (χ0n) is 10.8. The Balaban J connectivity index is 2.19.